The summed E-state index contributed by atoms with van der Waals surface area (Å²) >= 11 is 5.82. The standard InChI is InChI=1S/C13H19ClN2O/c1-4-16(3)13(17)9-15-10(2)11-5-7-12(14)8-6-11/h5-8,10,15H,4,9H2,1-3H3/t10-/m0/s1. The first-order valence-corrected chi connectivity index (χ1v) is 6.15. The minimum absolute atomic E-state index is 0.105. The first kappa shape index (κ1) is 14.0. The second-order valence-electron chi connectivity index (χ2n) is 4.06. The Kier molecular flexibility index (Phi) is 5.45. The number of carbonyl (C=O) groups is 1. The molecule has 1 rings (SSSR count). The normalized spacial score (nSPS) is 12.2. The van der Waals surface area contributed by atoms with Crippen LogP contribution in [0.2, 0.25) is 5.02 Å². The SMILES string of the molecule is CCN(C)C(=O)CN[C@@H](C)c1ccc(Cl)cc1. The molecule has 0 saturated heterocycles. The van der Waals surface area contributed by atoms with Crippen molar-refractivity contribution in [2.75, 3.05) is 20.1 Å². The lowest BCUT2D eigenvalue weighted by molar-refractivity contribution is -0.128. The Morgan fingerprint density at radius 1 is 1.41 bits per heavy atom. The molecule has 0 fully saturated rings. The molecule has 94 valence electrons. The number of hydrogen-bond acceptors (Lipinski definition) is 2. The summed E-state index contributed by atoms with van der Waals surface area (Å²) in [6.07, 6.45) is 0. The van der Waals surface area contributed by atoms with Crippen LogP contribution >= 0.6 is 11.6 Å². The third kappa shape index (κ3) is 4.36. The number of likely N-dealkylation sites (N-methyl/N-ethyl adjacent to an activating group) is 1. The fourth-order valence-corrected chi connectivity index (χ4v) is 1.55. The molecule has 1 amide bonds. The van der Waals surface area contributed by atoms with Gasteiger partial charge in [0.15, 0.2) is 0 Å². The fraction of sp³-hybridized carbons (Fsp3) is 0.462. The predicted molar refractivity (Wildman–Crippen MR) is 71.2 cm³/mol. The van der Waals surface area contributed by atoms with Crippen molar-refractivity contribution >= 4 is 17.5 Å². The van der Waals surface area contributed by atoms with E-state index in [9.17, 15) is 4.79 Å². The number of amides is 1. The van der Waals surface area contributed by atoms with Crippen LogP contribution in [-0.4, -0.2) is 30.9 Å². The topological polar surface area (TPSA) is 32.3 Å². The third-order valence-corrected chi connectivity index (χ3v) is 3.08. The van der Waals surface area contributed by atoms with E-state index in [-0.39, 0.29) is 11.9 Å². The molecule has 0 aliphatic rings. The van der Waals surface area contributed by atoms with Gasteiger partial charge in [-0.1, -0.05) is 23.7 Å². The van der Waals surface area contributed by atoms with Gasteiger partial charge in [0.2, 0.25) is 5.91 Å². The highest BCUT2D eigenvalue weighted by atomic mass is 35.5. The average molecular weight is 255 g/mol. The lowest BCUT2D eigenvalue weighted by Crippen LogP contribution is -2.36. The molecule has 0 unspecified atom stereocenters. The van der Waals surface area contributed by atoms with Crippen LogP contribution in [0.25, 0.3) is 0 Å². The summed E-state index contributed by atoms with van der Waals surface area (Å²) in [4.78, 5) is 13.3. The molecule has 0 saturated carbocycles. The van der Waals surface area contributed by atoms with Crippen LogP contribution in [0.15, 0.2) is 24.3 Å². The molecule has 1 aromatic carbocycles. The Hall–Kier alpha value is -1.06. The van der Waals surface area contributed by atoms with Gasteiger partial charge in [-0.15, -0.1) is 0 Å². The summed E-state index contributed by atoms with van der Waals surface area (Å²) in [5, 5.41) is 3.92. The summed E-state index contributed by atoms with van der Waals surface area (Å²) in [5.74, 6) is 0.105. The minimum atomic E-state index is 0.105. The molecule has 0 aliphatic carbocycles. The van der Waals surface area contributed by atoms with Crippen molar-refractivity contribution in [1.82, 2.24) is 10.2 Å². The molecule has 0 aromatic heterocycles. The van der Waals surface area contributed by atoms with Gasteiger partial charge < -0.3 is 10.2 Å². The third-order valence-electron chi connectivity index (χ3n) is 2.83. The van der Waals surface area contributed by atoms with Crippen molar-refractivity contribution in [3.63, 3.8) is 0 Å². The van der Waals surface area contributed by atoms with Crippen molar-refractivity contribution in [3.8, 4) is 0 Å². The van der Waals surface area contributed by atoms with Gasteiger partial charge in [-0.2, -0.15) is 0 Å². The van der Waals surface area contributed by atoms with Gasteiger partial charge in [-0.3, -0.25) is 4.79 Å². The summed E-state index contributed by atoms with van der Waals surface area (Å²) < 4.78 is 0. The zero-order chi connectivity index (χ0) is 12.8. The van der Waals surface area contributed by atoms with E-state index < -0.39 is 0 Å². The van der Waals surface area contributed by atoms with E-state index in [0.29, 0.717) is 6.54 Å². The predicted octanol–water partition coefficient (Wildman–Crippen LogP) is 2.47. The van der Waals surface area contributed by atoms with Crippen molar-refractivity contribution in [1.29, 1.82) is 0 Å². The van der Waals surface area contributed by atoms with Crippen LogP contribution < -0.4 is 5.32 Å². The summed E-state index contributed by atoms with van der Waals surface area (Å²) in [5.41, 5.74) is 1.13. The van der Waals surface area contributed by atoms with Crippen molar-refractivity contribution < 1.29 is 4.79 Å². The van der Waals surface area contributed by atoms with Gasteiger partial charge in [0.1, 0.15) is 0 Å². The fourth-order valence-electron chi connectivity index (χ4n) is 1.42. The van der Waals surface area contributed by atoms with Crippen molar-refractivity contribution in [2.45, 2.75) is 19.9 Å². The Bertz CT molecular complexity index is 364. The quantitative estimate of drug-likeness (QED) is 0.876. The molecule has 3 nitrogen and oxygen atoms in total. The number of benzene rings is 1. The van der Waals surface area contributed by atoms with E-state index in [2.05, 4.69) is 5.32 Å². The van der Waals surface area contributed by atoms with E-state index in [1.165, 1.54) is 0 Å². The molecule has 1 atom stereocenters. The second kappa shape index (κ2) is 6.62. The number of hydrogen-bond donors (Lipinski definition) is 1. The first-order valence-electron chi connectivity index (χ1n) is 5.77. The van der Waals surface area contributed by atoms with Crippen LogP contribution in [0.1, 0.15) is 25.5 Å². The average Bonchev–Trinajstić information content (AvgIpc) is 2.35. The van der Waals surface area contributed by atoms with Gasteiger partial charge in [0.05, 0.1) is 6.54 Å². The molecule has 0 bridgehead atoms. The highest BCUT2D eigenvalue weighted by molar-refractivity contribution is 6.30. The van der Waals surface area contributed by atoms with E-state index in [4.69, 9.17) is 11.6 Å². The number of rotatable bonds is 5. The largest absolute Gasteiger partial charge is 0.345 e. The number of halogens is 1. The Morgan fingerprint density at radius 2 is 2.00 bits per heavy atom. The van der Waals surface area contributed by atoms with Gasteiger partial charge in [0.25, 0.3) is 0 Å². The lowest BCUT2D eigenvalue weighted by atomic mass is 10.1. The van der Waals surface area contributed by atoms with Crippen LogP contribution in [-0.2, 0) is 4.79 Å². The zero-order valence-corrected chi connectivity index (χ0v) is 11.3. The highest BCUT2D eigenvalue weighted by Crippen LogP contribution is 2.15. The molecule has 0 heterocycles. The summed E-state index contributed by atoms with van der Waals surface area (Å²) in [6, 6.07) is 7.79. The molecular weight excluding hydrogens is 236 g/mol. The molecule has 1 aromatic rings. The highest BCUT2D eigenvalue weighted by Gasteiger charge is 2.09. The summed E-state index contributed by atoms with van der Waals surface area (Å²) in [7, 11) is 1.80. The van der Waals surface area contributed by atoms with E-state index >= 15 is 0 Å². The second-order valence-corrected chi connectivity index (χ2v) is 4.50. The molecule has 0 aliphatic heterocycles. The Balaban J connectivity index is 2.47. The van der Waals surface area contributed by atoms with Crippen LogP contribution in [0.5, 0.6) is 0 Å². The van der Waals surface area contributed by atoms with E-state index in [1.54, 1.807) is 11.9 Å². The molecular formula is C13H19ClN2O. The van der Waals surface area contributed by atoms with Gasteiger partial charge in [0, 0.05) is 24.7 Å². The van der Waals surface area contributed by atoms with Crippen LogP contribution in [0.4, 0.5) is 0 Å². The maximum atomic E-state index is 11.6. The lowest BCUT2D eigenvalue weighted by Gasteiger charge is -2.18. The van der Waals surface area contributed by atoms with Gasteiger partial charge >= 0.3 is 0 Å². The molecule has 17 heavy (non-hydrogen) atoms. The zero-order valence-electron chi connectivity index (χ0n) is 10.5. The minimum Gasteiger partial charge on any atom is -0.345 e. The van der Waals surface area contributed by atoms with Crippen molar-refractivity contribution in [3.05, 3.63) is 34.9 Å². The number of nitrogens with one attached hydrogen (secondary N) is 1. The maximum absolute atomic E-state index is 11.6. The Morgan fingerprint density at radius 3 is 2.53 bits per heavy atom. The first-order chi connectivity index (χ1) is 8.04. The molecule has 1 N–H and O–H groups in total. The molecule has 0 spiro atoms. The van der Waals surface area contributed by atoms with E-state index in [0.717, 1.165) is 17.1 Å². The van der Waals surface area contributed by atoms with E-state index in [1.807, 2.05) is 38.1 Å². The number of carbonyl (C=O) groups excluding carboxylic acids is 1. The molecule has 0 radical (unpaired) electrons. The smallest absolute Gasteiger partial charge is 0.236 e. The van der Waals surface area contributed by atoms with Crippen LogP contribution in [0.3, 0.4) is 0 Å². The van der Waals surface area contributed by atoms with Gasteiger partial charge in [-0.05, 0) is 31.5 Å². The monoisotopic (exact) mass is 254 g/mol. The van der Waals surface area contributed by atoms with Gasteiger partial charge in [-0.25, -0.2) is 0 Å². The molecule has 4 heteroatoms. The van der Waals surface area contributed by atoms with Crippen molar-refractivity contribution in [2.24, 2.45) is 0 Å². The summed E-state index contributed by atoms with van der Waals surface area (Å²) in [6.45, 7) is 5.08. The Labute approximate surface area is 108 Å². The number of nitrogens with zero attached hydrogens (tertiary/aromatic N) is 1. The van der Waals surface area contributed by atoms with Crippen LogP contribution in [0, 0.1) is 0 Å². The maximum Gasteiger partial charge on any atom is 0.236 e.